The molecule has 0 radical (unpaired) electrons. The highest BCUT2D eigenvalue weighted by atomic mass is 19.1. The summed E-state index contributed by atoms with van der Waals surface area (Å²) in [7, 11) is 0. The Kier molecular flexibility index (Phi) is 7.01. The number of ketones is 1. The number of ether oxygens (including phenoxy) is 3. The second kappa shape index (κ2) is 8.76. The van der Waals surface area contributed by atoms with Crippen molar-refractivity contribution < 1.29 is 33.0 Å². The van der Waals surface area contributed by atoms with Gasteiger partial charge in [-0.3, -0.25) is 9.59 Å². The molecule has 0 aliphatic rings. The number of Topliss-reactive ketones (excluding diaryl/α,β-unsaturated/α-hetero) is 1. The van der Waals surface area contributed by atoms with E-state index in [0.29, 0.717) is 5.75 Å². The molecule has 0 aliphatic carbocycles. The van der Waals surface area contributed by atoms with Gasteiger partial charge in [0.15, 0.2) is 6.61 Å². The van der Waals surface area contributed by atoms with Gasteiger partial charge in [-0.25, -0.2) is 9.18 Å². The first kappa shape index (κ1) is 17.6. The number of esters is 2. The number of carbonyl (C=O) groups is 3. The number of benzene rings is 1. The smallest absolute Gasteiger partial charge is 0.378 e. The highest BCUT2D eigenvalue weighted by Gasteiger charge is 2.18. The lowest BCUT2D eigenvalue weighted by molar-refractivity contribution is -0.159. The molecule has 1 rings (SSSR count). The van der Waals surface area contributed by atoms with Crippen LogP contribution in [0.5, 0.6) is 5.75 Å². The van der Waals surface area contributed by atoms with Gasteiger partial charge in [-0.1, -0.05) is 0 Å². The summed E-state index contributed by atoms with van der Waals surface area (Å²) in [5.74, 6) is -2.64. The Hall–Kier alpha value is -2.44. The lowest BCUT2D eigenvalue weighted by atomic mass is 10.2. The maximum absolute atomic E-state index is 12.7. The molecule has 1 unspecified atom stereocenters. The largest absolute Gasteiger partial charge is 0.490 e. The van der Waals surface area contributed by atoms with Crippen molar-refractivity contribution in [3.63, 3.8) is 0 Å². The van der Waals surface area contributed by atoms with Crippen molar-refractivity contribution in [2.45, 2.75) is 26.4 Å². The van der Waals surface area contributed by atoms with Crippen LogP contribution in [0.2, 0.25) is 0 Å². The summed E-state index contributed by atoms with van der Waals surface area (Å²) in [4.78, 5) is 33.8. The van der Waals surface area contributed by atoms with Gasteiger partial charge < -0.3 is 14.2 Å². The average molecular weight is 312 g/mol. The van der Waals surface area contributed by atoms with Crippen LogP contribution >= 0.6 is 0 Å². The second-order valence-corrected chi connectivity index (χ2v) is 4.39. The fourth-order valence-electron chi connectivity index (χ4n) is 1.50. The molecule has 1 atom stereocenters. The lowest BCUT2D eigenvalue weighted by Gasteiger charge is -2.13. The van der Waals surface area contributed by atoms with Crippen molar-refractivity contribution in [1.29, 1.82) is 0 Å². The van der Waals surface area contributed by atoms with E-state index in [1.807, 2.05) is 0 Å². The van der Waals surface area contributed by atoms with Crippen molar-refractivity contribution in [2.75, 3.05) is 13.2 Å². The summed E-state index contributed by atoms with van der Waals surface area (Å²) in [6.45, 7) is 2.59. The molecule has 22 heavy (non-hydrogen) atoms. The van der Waals surface area contributed by atoms with Gasteiger partial charge in [0.05, 0.1) is 13.0 Å². The SMILES string of the molecule is CCOC(=O)C(=O)COC(=O)CC(C)Oc1ccc(F)cc1. The molecule has 0 saturated heterocycles. The maximum atomic E-state index is 12.7. The molecule has 1 aromatic carbocycles. The quantitative estimate of drug-likeness (QED) is 0.536. The average Bonchev–Trinajstić information content (AvgIpc) is 2.47. The molecular weight excluding hydrogens is 295 g/mol. The van der Waals surface area contributed by atoms with Gasteiger partial charge in [0.1, 0.15) is 17.7 Å². The molecule has 0 bridgehead atoms. The van der Waals surface area contributed by atoms with Crippen LogP contribution in [-0.4, -0.2) is 37.0 Å². The summed E-state index contributed by atoms with van der Waals surface area (Å²) >= 11 is 0. The Morgan fingerprint density at radius 3 is 2.36 bits per heavy atom. The van der Waals surface area contributed by atoms with Crippen LogP contribution in [-0.2, 0) is 23.9 Å². The first-order valence-electron chi connectivity index (χ1n) is 6.70. The van der Waals surface area contributed by atoms with Crippen LogP contribution in [0.15, 0.2) is 24.3 Å². The van der Waals surface area contributed by atoms with Crippen LogP contribution in [0.1, 0.15) is 20.3 Å². The monoisotopic (exact) mass is 312 g/mol. The Morgan fingerprint density at radius 1 is 1.14 bits per heavy atom. The molecular formula is C15H17FO6. The highest BCUT2D eigenvalue weighted by Crippen LogP contribution is 2.14. The van der Waals surface area contributed by atoms with Gasteiger partial charge in [-0.2, -0.15) is 0 Å². The molecule has 6 nitrogen and oxygen atoms in total. The molecule has 0 spiro atoms. The van der Waals surface area contributed by atoms with Crippen LogP contribution in [0.25, 0.3) is 0 Å². The first-order chi connectivity index (χ1) is 10.4. The third kappa shape index (κ3) is 6.34. The third-order valence-corrected chi connectivity index (χ3v) is 2.47. The predicted octanol–water partition coefficient (Wildman–Crippen LogP) is 1.66. The maximum Gasteiger partial charge on any atom is 0.378 e. The van der Waals surface area contributed by atoms with Crippen molar-refractivity contribution in [2.24, 2.45) is 0 Å². The van der Waals surface area contributed by atoms with Crippen LogP contribution in [0.3, 0.4) is 0 Å². The third-order valence-electron chi connectivity index (χ3n) is 2.47. The zero-order valence-electron chi connectivity index (χ0n) is 12.3. The Morgan fingerprint density at radius 2 is 1.77 bits per heavy atom. The van der Waals surface area contributed by atoms with Gasteiger partial charge in [0.25, 0.3) is 5.78 Å². The zero-order chi connectivity index (χ0) is 16.5. The highest BCUT2D eigenvalue weighted by molar-refractivity contribution is 6.34. The zero-order valence-corrected chi connectivity index (χ0v) is 12.3. The minimum absolute atomic E-state index is 0.0705. The van der Waals surface area contributed by atoms with E-state index < -0.39 is 36.2 Å². The minimum atomic E-state index is -1.04. The van der Waals surface area contributed by atoms with Crippen molar-refractivity contribution in [1.82, 2.24) is 0 Å². The normalized spacial score (nSPS) is 11.4. The summed E-state index contributed by atoms with van der Waals surface area (Å²) in [6.07, 6.45) is -0.649. The molecule has 0 aliphatic heterocycles. The molecule has 0 fully saturated rings. The second-order valence-electron chi connectivity index (χ2n) is 4.39. The van der Waals surface area contributed by atoms with Crippen molar-refractivity contribution in [3.8, 4) is 5.75 Å². The molecule has 0 saturated carbocycles. The van der Waals surface area contributed by atoms with E-state index in [-0.39, 0.29) is 13.0 Å². The Bertz CT molecular complexity index is 525. The number of hydrogen-bond donors (Lipinski definition) is 0. The van der Waals surface area contributed by atoms with Gasteiger partial charge in [-0.15, -0.1) is 0 Å². The summed E-state index contributed by atoms with van der Waals surface area (Å²) in [5, 5.41) is 0. The molecule has 0 aromatic heterocycles. The summed E-state index contributed by atoms with van der Waals surface area (Å²) < 4.78 is 27.3. The summed E-state index contributed by atoms with van der Waals surface area (Å²) in [6, 6.07) is 5.33. The van der Waals surface area contributed by atoms with Gasteiger partial charge in [-0.05, 0) is 38.1 Å². The van der Waals surface area contributed by atoms with Crippen molar-refractivity contribution in [3.05, 3.63) is 30.1 Å². The van der Waals surface area contributed by atoms with Crippen LogP contribution in [0.4, 0.5) is 4.39 Å². The van der Waals surface area contributed by atoms with E-state index in [4.69, 9.17) is 4.74 Å². The molecule has 0 heterocycles. The van der Waals surface area contributed by atoms with E-state index in [9.17, 15) is 18.8 Å². The number of hydrogen-bond acceptors (Lipinski definition) is 6. The summed E-state index contributed by atoms with van der Waals surface area (Å²) in [5.41, 5.74) is 0. The Labute approximate surface area is 127 Å². The van der Waals surface area contributed by atoms with E-state index in [2.05, 4.69) is 9.47 Å². The van der Waals surface area contributed by atoms with Gasteiger partial charge in [0, 0.05) is 0 Å². The molecule has 0 N–H and O–H groups in total. The van der Waals surface area contributed by atoms with Crippen LogP contribution in [0, 0.1) is 5.82 Å². The molecule has 1 aromatic rings. The predicted molar refractivity (Wildman–Crippen MR) is 73.7 cm³/mol. The fraction of sp³-hybridized carbons (Fsp3) is 0.400. The van der Waals surface area contributed by atoms with E-state index in [1.165, 1.54) is 24.3 Å². The standard InChI is InChI=1S/C15H17FO6/c1-3-20-15(19)13(17)9-21-14(18)8-10(2)22-12-6-4-11(16)5-7-12/h4-7,10H,3,8-9H2,1-2H3. The van der Waals surface area contributed by atoms with E-state index in [0.717, 1.165) is 0 Å². The lowest BCUT2D eigenvalue weighted by Crippen LogP contribution is -2.26. The van der Waals surface area contributed by atoms with Gasteiger partial charge >= 0.3 is 11.9 Å². The number of rotatable bonds is 8. The molecule has 7 heteroatoms. The molecule has 0 amide bonds. The number of halogens is 1. The topological polar surface area (TPSA) is 78.9 Å². The fourth-order valence-corrected chi connectivity index (χ4v) is 1.50. The minimum Gasteiger partial charge on any atom is -0.490 e. The number of carbonyl (C=O) groups excluding carboxylic acids is 3. The van der Waals surface area contributed by atoms with E-state index in [1.54, 1.807) is 13.8 Å². The first-order valence-corrected chi connectivity index (χ1v) is 6.70. The van der Waals surface area contributed by atoms with E-state index >= 15 is 0 Å². The van der Waals surface area contributed by atoms with Crippen molar-refractivity contribution >= 4 is 17.7 Å². The van der Waals surface area contributed by atoms with Crippen LogP contribution < -0.4 is 4.74 Å². The molecule has 120 valence electrons. The Balaban J connectivity index is 2.33. The van der Waals surface area contributed by atoms with Gasteiger partial charge in [0.2, 0.25) is 0 Å².